The molecule has 0 heterocycles. The Hall–Kier alpha value is -1.55. The Morgan fingerprint density at radius 2 is 2.06 bits per heavy atom. The van der Waals surface area contributed by atoms with E-state index < -0.39 is 11.6 Å². The molecule has 1 aromatic carbocycles. The molecule has 0 spiro atoms. The number of aliphatic hydroxyl groups is 1. The van der Waals surface area contributed by atoms with E-state index in [0.717, 1.165) is 0 Å². The summed E-state index contributed by atoms with van der Waals surface area (Å²) >= 11 is 0. The lowest BCUT2D eigenvalue weighted by molar-refractivity contribution is 0.00695. The standard InChI is InChI=1S/C12H17NO3/c1-12(2,3)16-11(15)8-4-5-9(7-14)10(13)6-8/h4-6,14H,7,13H2,1-3H3. The van der Waals surface area contributed by atoms with Crippen molar-refractivity contribution in [2.75, 3.05) is 5.73 Å². The van der Waals surface area contributed by atoms with Crippen LogP contribution in [-0.2, 0) is 11.3 Å². The van der Waals surface area contributed by atoms with Crippen molar-refractivity contribution in [3.63, 3.8) is 0 Å². The van der Waals surface area contributed by atoms with E-state index in [1.165, 1.54) is 6.07 Å². The quantitative estimate of drug-likeness (QED) is 0.591. The number of rotatable bonds is 2. The van der Waals surface area contributed by atoms with Gasteiger partial charge < -0.3 is 15.6 Å². The van der Waals surface area contributed by atoms with Crippen molar-refractivity contribution in [2.24, 2.45) is 0 Å². The highest BCUT2D eigenvalue weighted by Crippen LogP contribution is 2.17. The Labute approximate surface area is 95.0 Å². The number of hydrogen-bond acceptors (Lipinski definition) is 4. The molecule has 16 heavy (non-hydrogen) atoms. The number of hydrogen-bond donors (Lipinski definition) is 2. The molecule has 4 nitrogen and oxygen atoms in total. The molecule has 0 aliphatic carbocycles. The predicted molar refractivity (Wildman–Crippen MR) is 61.9 cm³/mol. The van der Waals surface area contributed by atoms with Crippen molar-refractivity contribution in [1.29, 1.82) is 0 Å². The average Bonchev–Trinajstić information content (AvgIpc) is 2.15. The van der Waals surface area contributed by atoms with E-state index in [1.54, 1.807) is 32.9 Å². The van der Waals surface area contributed by atoms with Crippen LogP contribution >= 0.6 is 0 Å². The van der Waals surface area contributed by atoms with E-state index in [2.05, 4.69) is 0 Å². The van der Waals surface area contributed by atoms with E-state index in [9.17, 15) is 4.79 Å². The Bertz CT molecular complexity index is 394. The van der Waals surface area contributed by atoms with Crippen LogP contribution in [0.3, 0.4) is 0 Å². The number of nitrogens with two attached hydrogens (primary N) is 1. The van der Waals surface area contributed by atoms with Crippen LogP contribution in [0.25, 0.3) is 0 Å². The fourth-order valence-corrected chi connectivity index (χ4v) is 1.20. The molecule has 0 radical (unpaired) electrons. The van der Waals surface area contributed by atoms with Crippen molar-refractivity contribution in [3.05, 3.63) is 29.3 Å². The van der Waals surface area contributed by atoms with Gasteiger partial charge in [-0.1, -0.05) is 6.07 Å². The summed E-state index contributed by atoms with van der Waals surface area (Å²) in [4.78, 5) is 11.7. The maximum Gasteiger partial charge on any atom is 0.338 e. The number of carbonyl (C=O) groups is 1. The topological polar surface area (TPSA) is 72.5 Å². The number of carbonyl (C=O) groups excluding carboxylic acids is 1. The number of esters is 1. The molecule has 4 heteroatoms. The SMILES string of the molecule is CC(C)(C)OC(=O)c1ccc(CO)c(N)c1. The van der Waals surface area contributed by atoms with Crippen molar-refractivity contribution >= 4 is 11.7 Å². The molecule has 0 saturated carbocycles. The third-order valence-corrected chi connectivity index (χ3v) is 1.95. The minimum Gasteiger partial charge on any atom is -0.456 e. The molecule has 0 bridgehead atoms. The molecule has 3 N–H and O–H groups in total. The summed E-state index contributed by atoms with van der Waals surface area (Å²) < 4.78 is 5.20. The predicted octanol–water partition coefficient (Wildman–Crippen LogP) is 1.72. The molecule has 1 aromatic rings. The van der Waals surface area contributed by atoms with Crippen LogP contribution in [0.5, 0.6) is 0 Å². The van der Waals surface area contributed by atoms with Gasteiger partial charge in [0, 0.05) is 11.3 Å². The van der Waals surface area contributed by atoms with Gasteiger partial charge in [0.15, 0.2) is 0 Å². The molecule has 0 atom stereocenters. The third kappa shape index (κ3) is 3.24. The van der Waals surface area contributed by atoms with Crippen molar-refractivity contribution in [3.8, 4) is 0 Å². The molecule has 0 aliphatic rings. The summed E-state index contributed by atoms with van der Waals surface area (Å²) in [6.45, 7) is 5.27. The average molecular weight is 223 g/mol. The number of anilines is 1. The lowest BCUT2D eigenvalue weighted by atomic mass is 10.1. The fraction of sp³-hybridized carbons (Fsp3) is 0.417. The maximum absolute atomic E-state index is 11.7. The van der Waals surface area contributed by atoms with Crippen molar-refractivity contribution in [1.82, 2.24) is 0 Å². The van der Waals surface area contributed by atoms with E-state index >= 15 is 0 Å². The Kier molecular flexibility index (Phi) is 3.55. The first-order chi connectivity index (χ1) is 7.33. The van der Waals surface area contributed by atoms with Gasteiger partial charge in [-0.25, -0.2) is 4.79 Å². The first-order valence-corrected chi connectivity index (χ1v) is 5.06. The van der Waals surface area contributed by atoms with Gasteiger partial charge in [-0.3, -0.25) is 0 Å². The third-order valence-electron chi connectivity index (χ3n) is 1.95. The second-order valence-corrected chi connectivity index (χ2v) is 4.57. The normalized spacial score (nSPS) is 11.2. The van der Waals surface area contributed by atoms with E-state index in [4.69, 9.17) is 15.6 Å². The van der Waals surface area contributed by atoms with E-state index in [-0.39, 0.29) is 6.61 Å². The summed E-state index contributed by atoms with van der Waals surface area (Å²) in [6.07, 6.45) is 0. The summed E-state index contributed by atoms with van der Waals surface area (Å²) in [5.74, 6) is -0.413. The Morgan fingerprint density at radius 1 is 1.44 bits per heavy atom. The van der Waals surface area contributed by atoms with Crippen LogP contribution < -0.4 is 5.73 Å². The Balaban J connectivity index is 2.89. The van der Waals surface area contributed by atoms with E-state index in [0.29, 0.717) is 16.8 Å². The fourth-order valence-electron chi connectivity index (χ4n) is 1.20. The van der Waals surface area contributed by atoms with Gasteiger partial charge in [0.2, 0.25) is 0 Å². The smallest absolute Gasteiger partial charge is 0.338 e. The Morgan fingerprint density at radius 3 is 2.50 bits per heavy atom. The maximum atomic E-state index is 11.7. The van der Waals surface area contributed by atoms with E-state index in [1.807, 2.05) is 0 Å². The minimum absolute atomic E-state index is 0.138. The van der Waals surface area contributed by atoms with Crippen LogP contribution in [0.4, 0.5) is 5.69 Å². The van der Waals surface area contributed by atoms with Crippen molar-refractivity contribution in [2.45, 2.75) is 33.0 Å². The molecule has 0 aliphatic heterocycles. The summed E-state index contributed by atoms with van der Waals surface area (Å²) in [6, 6.07) is 4.73. The first kappa shape index (κ1) is 12.5. The molecule has 88 valence electrons. The lowest BCUT2D eigenvalue weighted by Gasteiger charge is -2.19. The zero-order chi connectivity index (χ0) is 12.3. The largest absolute Gasteiger partial charge is 0.456 e. The van der Waals surface area contributed by atoms with Crippen LogP contribution in [0.1, 0.15) is 36.7 Å². The van der Waals surface area contributed by atoms with Crippen molar-refractivity contribution < 1.29 is 14.6 Å². The zero-order valence-corrected chi connectivity index (χ0v) is 9.78. The molecule has 1 rings (SSSR count). The molecule has 0 unspecified atom stereocenters. The monoisotopic (exact) mass is 223 g/mol. The zero-order valence-electron chi connectivity index (χ0n) is 9.78. The second kappa shape index (κ2) is 4.53. The molecular formula is C12H17NO3. The highest BCUT2D eigenvalue weighted by atomic mass is 16.6. The van der Waals surface area contributed by atoms with Crippen LogP contribution in [0.2, 0.25) is 0 Å². The molecule has 0 fully saturated rings. The van der Waals surface area contributed by atoms with Crippen LogP contribution in [0.15, 0.2) is 18.2 Å². The number of benzene rings is 1. The highest BCUT2D eigenvalue weighted by Gasteiger charge is 2.18. The van der Waals surface area contributed by atoms with Gasteiger partial charge in [0.25, 0.3) is 0 Å². The lowest BCUT2D eigenvalue weighted by Crippen LogP contribution is -2.24. The summed E-state index contributed by atoms with van der Waals surface area (Å²) in [5.41, 5.74) is 6.53. The van der Waals surface area contributed by atoms with Crippen LogP contribution in [-0.4, -0.2) is 16.7 Å². The van der Waals surface area contributed by atoms with Gasteiger partial charge in [0.05, 0.1) is 12.2 Å². The van der Waals surface area contributed by atoms with Gasteiger partial charge in [-0.15, -0.1) is 0 Å². The molecule has 0 aromatic heterocycles. The molecular weight excluding hydrogens is 206 g/mol. The van der Waals surface area contributed by atoms with Gasteiger partial charge in [-0.2, -0.15) is 0 Å². The number of aliphatic hydroxyl groups excluding tert-OH is 1. The number of nitrogen functional groups attached to an aromatic ring is 1. The summed E-state index contributed by atoms with van der Waals surface area (Å²) in [7, 11) is 0. The molecule has 0 saturated heterocycles. The minimum atomic E-state index is -0.526. The number of ether oxygens (including phenoxy) is 1. The van der Waals surface area contributed by atoms with Gasteiger partial charge in [-0.05, 0) is 32.9 Å². The van der Waals surface area contributed by atoms with Gasteiger partial charge in [0.1, 0.15) is 5.60 Å². The summed E-state index contributed by atoms with van der Waals surface area (Å²) in [5, 5.41) is 8.94. The highest BCUT2D eigenvalue weighted by molar-refractivity contribution is 5.90. The molecule has 0 amide bonds. The second-order valence-electron chi connectivity index (χ2n) is 4.57. The first-order valence-electron chi connectivity index (χ1n) is 5.06. The van der Waals surface area contributed by atoms with Gasteiger partial charge >= 0.3 is 5.97 Å². The van der Waals surface area contributed by atoms with Crippen LogP contribution in [0, 0.1) is 0 Å².